The number of aromatic hydroxyl groups is 1. The van der Waals surface area contributed by atoms with Gasteiger partial charge >= 0.3 is 0 Å². The summed E-state index contributed by atoms with van der Waals surface area (Å²) in [6.07, 6.45) is -1.67. The average molecular weight is 501 g/mol. The lowest BCUT2D eigenvalue weighted by molar-refractivity contribution is -0.184. The Hall–Kier alpha value is -3.41. The number of fused-ring (bicyclic) bond motifs is 3. The number of ketones is 4. The molecule has 11 heteroatoms. The summed E-state index contributed by atoms with van der Waals surface area (Å²) in [5.74, 6) is -9.83. The molecule has 0 aliphatic heterocycles. The average Bonchev–Trinajstić information content (AvgIpc) is 2.75. The van der Waals surface area contributed by atoms with Crippen molar-refractivity contribution in [3.8, 4) is 5.75 Å². The van der Waals surface area contributed by atoms with Gasteiger partial charge in [0, 0.05) is 23.1 Å². The number of aliphatic hydroxyl groups excluding tert-OH is 2. The van der Waals surface area contributed by atoms with Gasteiger partial charge in [-0.3, -0.25) is 24.0 Å². The van der Waals surface area contributed by atoms with Crippen molar-refractivity contribution in [2.75, 3.05) is 14.1 Å². The molecule has 1 aromatic rings. The Morgan fingerprint density at radius 1 is 1.08 bits per heavy atom. The standard InChI is InChI=1S/C25H28N2O9/c1-8(28)11-7-12(9(2)29)19(30)16-13(11)5-10-6-14-18(27(3)4)21(32)17(24(26)35)23(34)25(14,36)22(33)15(10)20(16)31/h7,10,14,17-18,21,30-32,36H,5-6H2,1-4H3,(H2,26,35)/t10-,14-,17?,18-,21?,25-/m1/s1. The van der Waals surface area contributed by atoms with Gasteiger partial charge in [0.15, 0.2) is 23.0 Å². The van der Waals surface area contributed by atoms with Crippen LogP contribution in [0.4, 0.5) is 0 Å². The number of phenols is 1. The Morgan fingerprint density at radius 3 is 2.17 bits per heavy atom. The number of aliphatic hydroxyl groups is 3. The van der Waals surface area contributed by atoms with Crippen molar-refractivity contribution >= 4 is 34.8 Å². The van der Waals surface area contributed by atoms with Crippen molar-refractivity contribution in [1.29, 1.82) is 0 Å². The van der Waals surface area contributed by atoms with Gasteiger partial charge in [-0.1, -0.05) is 0 Å². The quantitative estimate of drug-likeness (QED) is 0.266. The van der Waals surface area contributed by atoms with E-state index in [0.717, 1.165) is 6.92 Å². The summed E-state index contributed by atoms with van der Waals surface area (Å²) >= 11 is 0. The van der Waals surface area contributed by atoms with Gasteiger partial charge in [-0.25, -0.2) is 0 Å². The number of carbonyl (C=O) groups is 5. The molecule has 2 fully saturated rings. The lowest BCUT2D eigenvalue weighted by Crippen LogP contribution is -2.73. The van der Waals surface area contributed by atoms with Crippen molar-refractivity contribution in [2.24, 2.45) is 23.5 Å². The van der Waals surface area contributed by atoms with Gasteiger partial charge in [-0.15, -0.1) is 0 Å². The lowest BCUT2D eigenvalue weighted by Gasteiger charge is -2.53. The third-order valence-corrected chi connectivity index (χ3v) is 7.85. The van der Waals surface area contributed by atoms with E-state index in [0.29, 0.717) is 0 Å². The Balaban J connectivity index is 1.99. The second-order valence-electron chi connectivity index (χ2n) is 10.1. The molecule has 192 valence electrons. The molecule has 2 saturated carbocycles. The molecule has 36 heavy (non-hydrogen) atoms. The second kappa shape index (κ2) is 8.32. The first-order chi connectivity index (χ1) is 16.7. The Labute approximate surface area is 206 Å². The van der Waals surface area contributed by atoms with Crippen LogP contribution in [0, 0.1) is 17.8 Å². The number of rotatable bonds is 4. The molecule has 1 aromatic carbocycles. The summed E-state index contributed by atoms with van der Waals surface area (Å²) in [7, 11) is 3.11. The van der Waals surface area contributed by atoms with Gasteiger partial charge in [0.25, 0.3) is 0 Å². The number of nitrogens with two attached hydrogens (primary N) is 1. The molecule has 0 aromatic heterocycles. The van der Waals surface area contributed by atoms with Crippen LogP contribution in [0.25, 0.3) is 5.76 Å². The number of likely N-dealkylation sites (N-methyl/N-ethyl adjacent to an activating group) is 1. The predicted molar refractivity (Wildman–Crippen MR) is 124 cm³/mol. The van der Waals surface area contributed by atoms with E-state index in [9.17, 15) is 44.4 Å². The van der Waals surface area contributed by atoms with Crippen LogP contribution in [0.3, 0.4) is 0 Å². The van der Waals surface area contributed by atoms with E-state index in [4.69, 9.17) is 5.73 Å². The molecule has 0 spiro atoms. The van der Waals surface area contributed by atoms with Crippen molar-refractivity contribution in [1.82, 2.24) is 4.90 Å². The summed E-state index contributed by atoms with van der Waals surface area (Å²) < 4.78 is 0. The normalized spacial score (nSPS) is 31.6. The minimum Gasteiger partial charge on any atom is -0.507 e. The predicted octanol–water partition coefficient (Wildman–Crippen LogP) is -0.466. The SMILES string of the molecule is CC(=O)c1cc(C(C)=O)c2c(c1O)C(O)=C1C(=O)[C@@]3(O)C(=O)C(C(N)=O)C(O)[C@H](N(C)C)[C@H]3C[C@H]1C2. The molecule has 0 radical (unpaired) electrons. The van der Waals surface area contributed by atoms with E-state index < -0.39 is 76.0 Å². The van der Waals surface area contributed by atoms with Crippen LogP contribution in [0.5, 0.6) is 5.75 Å². The first kappa shape index (κ1) is 25.7. The van der Waals surface area contributed by atoms with E-state index in [1.54, 1.807) is 14.1 Å². The smallest absolute Gasteiger partial charge is 0.230 e. The molecule has 4 rings (SSSR count). The minimum atomic E-state index is -2.78. The largest absolute Gasteiger partial charge is 0.507 e. The molecule has 2 unspecified atom stereocenters. The number of nitrogens with zero attached hydrogens (tertiary/aromatic N) is 1. The molecule has 3 aliphatic rings. The lowest BCUT2D eigenvalue weighted by atomic mass is 9.54. The van der Waals surface area contributed by atoms with Crippen molar-refractivity contribution in [2.45, 2.75) is 44.4 Å². The van der Waals surface area contributed by atoms with E-state index in [1.807, 2.05) is 0 Å². The molecular weight excluding hydrogens is 472 g/mol. The molecule has 6 atom stereocenters. The number of hydrogen-bond acceptors (Lipinski definition) is 10. The summed E-state index contributed by atoms with van der Waals surface area (Å²) in [6.45, 7) is 2.43. The van der Waals surface area contributed by atoms with E-state index >= 15 is 0 Å². The summed E-state index contributed by atoms with van der Waals surface area (Å²) in [5.41, 5.74) is 2.02. The summed E-state index contributed by atoms with van der Waals surface area (Å²) in [6, 6.07) is 0.228. The third-order valence-electron chi connectivity index (χ3n) is 7.85. The van der Waals surface area contributed by atoms with Gasteiger partial charge in [-0.2, -0.15) is 0 Å². The fraction of sp³-hybridized carbons (Fsp3) is 0.480. The molecular formula is C25H28N2O9. The zero-order valence-electron chi connectivity index (χ0n) is 20.2. The Kier molecular flexibility index (Phi) is 5.94. The van der Waals surface area contributed by atoms with Crippen LogP contribution < -0.4 is 5.73 Å². The highest BCUT2D eigenvalue weighted by atomic mass is 16.3. The molecule has 11 nitrogen and oxygen atoms in total. The monoisotopic (exact) mass is 500 g/mol. The molecule has 6 N–H and O–H groups in total. The van der Waals surface area contributed by atoms with Gasteiger partial charge in [0.1, 0.15) is 17.4 Å². The number of benzene rings is 1. The summed E-state index contributed by atoms with van der Waals surface area (Å²) in [4.78, 5) is 65.2. The van der Waals surface area contributed by atoms with Crippen molar-refractivity contribution in [3.05, 3.63) is 33.9 Å². The molecule has 0 heterocycles. The van der Waals surface area contributed by atoms with Crippen LogP contribution in [0.15, 0.2) is 11.6 Å². The molecule has 0 bridgehead atoms. The minimum absolute atomic E-state index is 0.0165. The molecule has 3 aliphatic carbocycles. The van der Waals surface area contributed by atoms with E-state index in [1.165, 1.54) is 17.9 Å². The van der Waals surface area contributed by atoms with Crippen LogP contribution >= 0.6 is 0 Å². The van der Waals surface area contributed by atoms with Crippen LogP contribution in [-0.2, 0) is 20.8 Å². The number of primary amides is 1. The van der Waals surface area contributed by atoms with Gasteiger partial charge in [0.05, 0.1) is 17.2 Å². The first-order valence-electron chi connectivity index (χ1n) is 11.5. The molecule has 0 saturated heterocycles. The topological polar surface area (TPSA) is 196 Å². The highest BCUT2D eigenvalue weighted by molar-refractivity contribution is 6.25. The van der Waals surface area contributed by atoms with Crippen LogP contribution in [0.2, 0.25) is 0 Å². The fourth-order valence-electron chi connectivity index (χ4n) is 6.25. The summed E-state index contributed by atoms with van der Waals surface area (Å²) in [5, 5.41) is 44.5. The second-order valence-corrected chi connectivity index (χ2v) is 10.1. The highest BCUT2D eigenvalue weighted by Crippen LogP contribution is 2.53. The Bertz CT molecular complexity index is 1280. The zero-order chi connectivity index (χ0) is 27.0. The number of carbonyl (C=O) groups excluding carboxylic acids is 5. The highest BCUT2D eigenvalue weighted by Gasteiger charge is 2.67. The molecule has 1 amide bonds. The number of amides is 1. The van der Waals surface area contributed by atoms with Crippen molar-refractivity contribution < 1.29 is 44.4 Å². The number of hydrogen-bond donors (Lipinski definition) is 5. The number of phenolic OH excluding ortho intramolecular Hbond substituents is 1. The fourth-order valence-corrected chi connectivity index (χ4v) is 6.25. The first-order valence-corrected chi connectivity index (χ1v) is 11.5. The third kappa shape index (κ3) is 3.26. The van der Waals surface area contributed by atoms with Gasteiger partial charge < -0.3 is 31.1 Å². The number of Topliss-reactive ketones (excluding diaryl/α,β-unsaturated/α-hetero) is 4. The van der Waals surface area contributed by atoms with Gasteiger partial charge in [-0.05, 0) is 58.3 Å². The Morgan fingerprint density at radius 2 is 1.67 bits per heavy atom. The maximum atomic E-state index is 13.8. The maximum Gasteiger partial charge on any atom is 0.230 e. The zero-order valence-corrected chi connectivity index (χ0v) is 20.2. The van der Waals surface area contributed by atoms with E-state index in [-0.39, 0.29) is 40.7 Å². The van der Waals surface area contributed by atoms with Gasteiger partial charge in [0.2, 0.25) is 11.7 Å². The van der Waals surface area contributed by atoms with Crippen LogP contribution in [-0.4, -0.2) is 86.2 Å². The maximum absolute atomic E-state index is 13.8. The van der Waals surface area contributed by atoms with E-state index in [2.05, 4.69) is 0 Å². The van der Waals surface area contributed by atoms with Crippen LogP contribution in [0.1, 0.15) is 52.1 Å². The van der Waals surface area contributed by atoms with Crippen molar-refractivity contribution in [3.63, 3.8) is 0 Å².